The van der Waals surface area contributed by atoms with Crippen LogP contribution in [-0.4, -0.2) is 33.7 Å². The minimum atomic E-state index is -3.37. The molecule has 3 aromatic carbocycles. The van der Waals surface area contributed by atoms with Crippen molar-refractivity contribution in [3.05, 3.63) is 77.8 Å². The van der Waals surface area contributed by atoms with Crippen LogP contribution in [0.4, 0.5) is 11.4 Å². The largest absolute Gasteiger partial charge is 0.481 e. The van der Waals surface area contributed by atoms with E-state index in [1.807, 2.05) is 37.3 Å². The zero-order valence-corrected chi connectivity index (χ0v) is 20.1. The predicted octanol–water partition coefficient (Wildman–Crippen LogP) is 5.32. The molecule has 3 aromatic rings. The summed E-state index contributed by atoms with van der Waals surface area (Å²) in [5.74, 6) is 1.14. The zero-order valence-electron chi connectivity index (χ0n) is 18.5. The van der Waals surface area contributed by atoms with Crippen LogP contribution in [-0.2, 0) is 14.8 Å². The Labute approximate surface area is 198 Å². The minimum absolute atomic E-state index is 0.366. The third-order valence-corrected chi connectivity index (χ3v) is 6.25. The van der Waals surface area contributed by atoms with E-state index in [2.05, 4.69) is 5.32 Å². The van der Waals surface area contributed by atoms with Crippen LogP contribution in [0.1, 0.15) is 13.3 Å². The molecule has 0 saturated heterocycles. The molecule has 0 bridgehead atoms. The first-order valence-corrected chi connectivity index (χ1v) is 12.4. The third kappa shape index (κ3) is 6.63. The lowest BCUT2D eigenvalue weighted by atomic mass is 10.2. The number of hydrogen-bond donors (Lipinski definition) is 1. The number of carbonyl (C=O) groups is 1. The predicted molar refractivity (Wildman–Crippen MR) is 131 cm³/mol. The van der Waals surface area contributed by atoms with Crippen molar-refractivity contribution < 1.29 is 22.7 Å². The highest BCUT2D eigenvalue weighted by molar-refractivity contribution is 7.92. The second kappa shape index (κ2) is 10.6. The van der Waals surface area contributed by atoms with Gasteiger partial charge in [0, 0.05) is 12.1 Å². The number of nitrogens with one attached hydrogen (secondary N) is 1. The second-order valence-corrected chi connectivity index (χ2v) is 9.73. The fourth-order valence-electron chi connectivity index (χ4n) is 2.93. The maximum Gasteiger partial charge on any atom is 0.265 e. The van der Waals surface area contributed by atoms with Crippen LogP contribution in [0.25, 0.3) is 0 Å². The van der Waals surface area contributed by atoms with Gasteiger partial charge in [-0.05, 0) is 61.0 Å². The van der Waals surface area contributed by atoms with Gasteiger partial charge in [-0.3, -0.25) is 9.10 Å². The normalized spacial score (nSPS) is 12.0. The molecule has 0 heterocycles. The molecule has 0 radical (unpaired) electrons. The van der Waals surface area contributed by atoms with E-state index in [0.717, 1.165) is 10.6 Å². The van der Waals surface area contributed by atoms with Gasteiger partial charge in [-0.1, -0.05) is 36.7 Å². The molecule has 1 amide bonds. The summed E-state index contributed by atoms with van der Waals surface area (Å²) in [5, 5.41) is 3.28. The standard InChI is InChI=1S/C24H25ClN2O5S/c1-4-22(31-20-13-11-18(12-14-20)27(2)33(3,29)30)24(28)26-21-16-17(25)10-15-23(21)32-19-8-6-5-7-9-19/h5-16,22H,4H2,1-3H3,(H,26,28). The highest BCUT2D eigenvalue weighted by Gasteiger charge is 2.21. The van der Waals surface area contributed by atoms with Gasteiger partial charge in [0.15, 0.2) is 11.9 Å². The molecule has 3 rings (SSSR count). The van der Waals surface area contributed by atoms with Gasteiger partial charge < -0.3 is 14.8 Å². The summed E-state index contributed by atoms with van der Waals surface area (Å²) >= 11 is 6.13. The van der Waals surface area contributed by atoms with Crippen molar-refractivity contribution in [3.63, 3.8) is 0 Å². The summed E-state index contributed by atoms with van der Waals surface area (Å²) < 4.78 is 36.3. The first-order valence-electron chi connectivity index (χ1n) is 10.2. The smallest absolute Gasteiger partial charge is 0.265 e. The lowest BCUT2D eigenvalue weighted by molar-refractivity contribution is -0.122. The van der Waals surface area contributed by atoms with Gasteiger partial charge in [-0.15, -0.1) is 0 Å². The molecular weight excluding hydrogens is 464 g/mol. The summed E-state index contributed by atoms with van der Waals surface area (Å²) in [6.07, 6.45) is 0.749. The number of halogens is 1. The average molecular weight is 489 g/mol. The zero-order chi connectivity index (χ0) is 24.0. The molecule has 1 N–H and O–H groups in total. The number of amides is 1. The molecule has 1 unspecified atom stereocenters. The van der Waals surface area contributed by atoms with Crippen LogP contribution in [0.5, 0.6) is 17.2 Å². The van der Waals surface area contributed by atoms with Crippen molar-refractivity contribution in [1.82, 2.24) is 0 Å². The fraction of sp³-hybridized carbons (Fsp3) is 0.208. The monoisotopic (exact) mass is 488 g/mol. The van der Waals surface area contributed by atoms with Crippen molar-refractivity contribution in [3.8, 4) is 17.2 Å². The fourth-order valence-corrected chi connectivity index (χ4v) is 3.61. The Morgan fingerprint density at radius 2 is 1.70 bits per heavy atom. The van der Waals surface area contributed by atoms with Crippen LogP contribution in [0.15, 0.2) is 72.8 Å². The summed E-state index contributed by atoms with van der Waals surface area (Å²) in [5.41, 5.74) is 0.910. The van der Waals surface area contributed by atoms with E-state index in [4.69, 9.17) is 21.1 Å². The number of carbonyl (C=O) groups excluding carboxylic acids is 1. The van der Waals surface area contributed by atoms with Gasteiger partial charge in [-0.2, -0.15) is 0 Å². The van der Waals surface area contributed by atoms with Crippen molar-refractivity contribution in [2.24, 2.45) is 0 Å². The van der Waals surface area contributed by atoms with E-state index >= 15 is 0 Å². The third-order valence-electron chi connectivity index (χ3n) is 4.81. The second-order valence-electron chi connectivity index (χ2n) is 7.28. The summed E-state index contributed by atoms with van der Waals surface area (Å²) in [4.78, 5) is 12.9. The topological polar surface area (TPSA) is 84.9 Å². The van der Waals surface area contributed by atoms with Gasteiger partial charge in [0.2, 0.25) is 10.0 Å². The quantitative estimate of drug-likeness (QED) is 0.440. The van der Waals surface area contributed by atoms with E-state index in [-0.39, 0.29) is 5.91 Å². The van der Waals surface area contributed by atoms with Gasteiger partial charge in [-0.25, -0.2) is 8.42 Å². The van der Waals surface area contributed by atoms with Gasteiger partial charge in [0.25, 0.3) is 5.91 Å². The van der Waals surface area contributed by atoms with Crippen LogP contribution in [0, 0.1) is 0 Å². The lowest BCUT2D eigenvalue weighted by Crippen LogP contribution is -2.32. The number of para-hydroxylation sites is 1. The van der Waals surface area contributed by atoms with Crippen LogP contribution >= 0.6 is 11.6 Å². The number of anilines is 2. The number of benzene rings is 3. The first kappa shape index (κ1) is 24.4. The molecule has 0 aromatic heterocycles. The SMILES string of the molecule is CCC(Oc1ccc(N(C)S(C)(=O)=O)cc1)C(=O)Nc1cc(Cl)ccc1Oc1ccccc1. The van der Waals surface area contributed by atoms with E-state index < -0.39 is 16.1 Å². The Balaban J connectivity index is 1.73. The van der Waals surface area contributed by atoms with Crippen molar-refractivity contribution >= 4 is 38.9 Å². The highest BCUT2D eigenvalue weighted by atomic mass is 35.5. The summed E-state index contributed by atoms with van der Waals surface area (Å²) in [7, 11) is -1.90. The molecule has 0 aliphatic heterocycles. The molecule has 0 aliphatic rings. The molecular formula is C24H25ClN2O5S. The number of hydrogen-bond acceptors (Lipinski definition) is 5. The van der Waals surface area contributed by atoms with Gasteiger partial charge >= 0.3 is 0 Å². The maximum absolute atomic E-state index is 12.9. The number of rotatable bonds is 9. The molecule has 0 saturated carbocycles. The molecule has 0 aliphatic carbocycles. The summed E-state index contributed by atoms with van der Waals surface area (Å²) in [6.45, 7) is 1.83. The number of ether oxygens (including phenoxy) is 2. The first-order chi connectivity index (χ1) is 15.7. The molecule has 9 heteroatoms. The van der Waals surface area contributed by atoms with Crippen molar-refractivity contribution in [2.45, 2.75) is 19.4 Å². The Kier molecular flexibility index (Phi) is 7.84. The number of sulfonamides is 1. The van der Waals surface area contributed by atoms with Gasteiger partial charge in [0.1, 0.15) is 11.5 Å². The van der Waals surface area contributed by atoms with E-state index in [1.54, 1.807) is 42.5 Å². The van der Waals surface area contributed by atoms with E-state index in [9.17, 15) is 13.2 Å². The lowest BCUT2D eigenvalue weighted by Gasteiger charge is -2.20. The molecule has 0 fully saturated rings. The molecule has 1 atom stereocenters. The Morgan fingerprint density at radius 3 is 2.30 bits per heavy atom. The molecule has 33 heavy (non-hydrogen) atoms. The van der Waals surface area contributed by atoms with Crippen LogP contribution in [0.3, 0.4) is 0 Å². The van der Waals surface area contributed by atoms with Crippen LogP contribution < -0.4 is 19.1 Å². The van der Waals surface area contributed by atoms with Crippen molar-refractivity contribution in [1.29, 1.82) is 0 Å². The van der Waals surface area contributed by atoms with E-state index in [1.165, 1.54) is 7.05 Å². The molecule has 7 nitrogen and oxygen atoms in total. The van der Waals surface area contributed by atoms with Gasteiger partial charge in [0.05, 0.1) is 17.6 Å². The van der Waals surface area contributed by atoms with Crippen molar-refractivity contribution in [2.75, 3.05) is 22.9 Å². The highest BCUT2D eigenvalue weighted by Crippen LogP contribution is 2.32. The number of nitrogens with zero attached hydrogens (tertiary/aromatic N) is 1. The minimum Gasteiger partial charge on any atom is -0.481 e. The molecule has 0 spiro atoms. The van der Waals surface area contributed by atoms with E-state index in [0.29, 0.717) is 40.1 Å². The molecule has 174 valence electrons. The Bertz CT molecular complexity index is 1200. The maximum atomic E-state index is 12.9. The summed E-state index contributed by atoms with van der Waals surface area (Å²) in [6, 6.07) is 20.6. The Morgan fingerprint density at radius 1 is 1.03 bits per heavy atom. The average Bonchev–Trinajstić information content (AvgIpc) is 2.79. The van der Waals surface area contributed by atoms with Crippen LogP contribution in [0.2, 0.25) is 5.02 Å². The Hall–Kier alpha value is -3.23.